The number of pyridine rings is 1. The van der Waals surface area contributed by atoms with Crippen molar-refractivity contribution in [1.29, 1.82) is 0 Å². The van der Waals surface area contributed by atoms with E-state index in [0.717, 1.165) is 11.4 Å². The number of rotatable bonds is 2. The van der Waals surface area contributed by atoms with Gasteiger partial charge in [0.1, 0.15) is 0 Å². The first-order valence-corrected chi connectivity index (χ1v) is 5.09. The maximum absolute atomic E-state index is 4.38. The van der Waals surface area contributed by atoms with Gasteiger partial charge in [-0.1, -0.05) is 32.1 Å². The monoisotopic (exact) mass is 189 g/mol. The second kappa shape index (κ2) is 8.24. The van der Waals surface area contributed by atoms with Crippen molar-refractivity contribution in [2.24, 2.45) is 0 Å². The SMILES string of the molecule is C/C=C/c1cccc(/C=C/C)n1.CC. The third-order valence-corrected chi connectivity index (χ3v) is 1.47. The zero-order valence-corrected chi connectivity index (χ0v) is 9.49. The summed E-state index contributed by atoms with van der Waals surface area (Å²) < 4.78 is 0. The lowest BCUT2D eigenvalue weighted by Crippen LogP contribution is -1.83. The fraction of sp³-hybridized carbons (Fsp3) is 0.308. The van der Waals surface area contributed by atoms with Gasteiger partial charge in [0.25, 0.3) is 0 Å². The van der Waals surface area contributed by atoms with E-state index in [1.807, 2.05) is 70.2 Å². The minimum Gasteiger partial charge on any atom is -0.249 e. The Balaban J connectivity index is 0.000000791. The van der Waals surface area contributed by atoms with Crippen LogP contribution in [0.2, 0.25) is 0 Å². The molecule has 0 saturated carbocycles. The summed E-state index contributed by atoms with van der Waals surface area (Å²) in [5.74, 6) is 0. The highest BCUT2D eigenvalue weighted by molar-refractivity contribution is 5.50. The molecule has 1 nitrogen and oxygen atoms in total. The van der Waals surface area contributed by atoms with Crippen LogP contribution in [0.4, 0.5) is 0 Å². The molecule has 0 atom stereocenters. The van der Waals surface area contributed by atoms with Crippen molar-refractivity contribution < 1.29 is 0 Å². The third kappa shape index (κ3) is 4.61. The molecule has 0 unspecified atom stereocenters. The van der Waals surface area contributed by atoms with Gasteiger partial charge in [-0.05, 0) is 38.1 Å². The van der Waals surface area contributed by atoms with E-state index < -0.39 is 0 Å². The smallest absolute Gasteiger partial charge is 0.0633 e. The molecule has 76 valence electrons. The lowest BCUT2D eigenvalue weighted by atomic mass is 10.3. The largest absolute Gasteiger partial charge is 0.249 e. The second-order valence-corrected chi connectivity index (χ2v) is 2.49. The van der Waals surface area contributed by atoms with Crippen molar-refractivity contribution >= 4 is 12.2 Å². The summed E-state index contributed by atoms with van der Waals surface area (Å²) >= 11 is 0. The summed E-state index contributed by atoms with van der Waals surface area (Å²) in [5, 5.41) is 0. The summed E-state index contributed by atoms with van der Waals surface area (Å²) in [6.07, 6.45) is 7.96. The molecule has 14 heavy (non-hydrogen) atoms. The van der Waals surface area contributed by atoms with Gasteiger partial charge in [-0.15, -0.1) is 0 Å². The Bertz CT molecular complexity index is 271. The zero-order chi connectivity index (χ0) is 10.8. The minimum absolute atomic E-state index is 1.01. The molecule has 0 aliphatic carbocycles. The molecule has 0 amide bonds. The van der Waals surface area contributed by atoms with Crippen LogP contribution in [0, 0.1) is 0 Å². The van der Waals surface area contributed by atoms with E-state index >= 15 is 0 Å². The van der Waals surface area contributed by atoms with Crippen molar-refractivity contribution in [1.82, 2.24) is 4.98 Å². The topological polar surface area (TPSA) is 12.9 Å². The Morgan fingerprint density at radius 3 is 1.71 bits per heavy atom. The molecule has 0 bridgehead atoms. The maximum atomic E-state index is 4.38. The maximum Gasteiger partial charge on any atom is 0.0633 e. The molecule has 0 fully saturated rings. The molecule has 0 aromatic carbocycles. The number of allylic oxidation sites excluding steroid dienone is 2. The van der Waals surface area contributed by atoms with E-state index in [0.29, 0.717) is 0 Å². The first-order chi connectivity index (χ1) is 6.86. The summed E-state index contributed by atoms with van der Waals surface area (Å²) in [4.78, 5) is 4.38. The van der Waals surface area contributed by atoms with Crippen molar-refractivity contribution in [3.63, 3.8) is 0 Å². The van der Waals surface area contributed by atoms with Gasteiger partial charge < -0.3 is 0 Å². The molecule has 1 aromatic rings. The average Bonchev–Trinajstić information content (AvgIpc) is 2.22. The van der Waals surface area contributed by atoms with E-state index in [2.05, 4.69) is 4.98 Å². The van der Waals surface area contributed by atoms with Gasteiger partial charge in [0, 0.05) is 0 Å². The Kier molecular flexibility index (Phi) is 7.43. The van der Waals surface area contributed by atoms with Gasteiger partial charge in [-0.2, -0.15) is 0 Å². The van der Waals surface area contributed by atoms with Crippen LogP contribution in [0.25, 0.3) is 12.2 Å². The lowest BCUT2D eigenvalue weighted by Gasteiger charge is -1.94. The molecule has 0 aliphatic heterocycles. The second-order valence-electron chi connectivity index (χ2n) is 2.49. The first-order valence-electron chi connectivity index (χ1n) is 5.09. The summed E-state index contributed by atoms with van der Waals surface area (Å²) in [6, 6.07) is 6.00. The van der Waals surface area contributed by atoms with Crippen LogP contribution >= 0.6 is 0 Å². The molecule has 1 heteroatoms. The predicted octanol–water partition coefficient (Wildman–Crippen LogP) is 4.17. The van der Waals surface area contributed by atoms with Crippen molar-refractivity contribution in [3.05, 3.63) is 41.7 Å². The van der Waals surface area contributed by atoms with Crippen LogP contribution in [0.3, 0.4) is 0 Å². The zero-order valence-electron chi connectivity index (χ0n) is 9.49. The van der Waals surface area contributed by atoms with Crippen molar-refractivity contribution in [2.75, 3.05) is 0 Å². The van der Waals surface area contributed by atoms with E-state index in [-0.39, 0.29) is 0 Å². The van der Waals surface area contributed by atoms with Crippen LogP contribution in [-0.2, 0) is 0 Å². The van der Waals surface area contributed by atoms with Gasteiger partial charge in [0.2, 0.25) is 0 Å². The standard InChI is InChI=1S/C11H13N.C2H6/c1-3-6-10-8-5-9-11(12-10)7-4-2;1-2/h3-9H,1-2H3;1-2H3/b6-3+,7-4+;. The van der Waals surface area contributed by atoms with Gasteiger partial charge in [-0.25, -0.2) is 4.98 Å². The van der Waals surface area contributed by atoms with Crippen LogP contribution in [0.5, 0.6) is 0 Å². The molecule has 0 radical (unpaired) electrons. The van der Waals surface area contributed by atoms with E-state index in [1.165, 1.54) is 0 Å². The van der Waals surface area contributed by atoms with Crippen molar-refractivity contribution in [3.8, 4) is 0 Å². The van der Waals surface area contributed by atoms with Crippen LogP contribution in [0.15, 0.2) is 30.4 Å². The molecule has 1 heterocycles. The fourth-order valence-corrected chi connectivity index (χ4v) is 0.996. The highest BCUT2D eigenvalue weighted by Gasteiger charge is 1.88. The Labute approximate surface area is 87.2 Å². The van der Waals surface area contributed by atoms with Gasteiger partial charge in [0.15, 0.2) is 0 Å². The minimum atomic E-state index is 1.01. The molecule has 1 aromatic heterocycles. The molecular weight excluding hydrogens is 170 g/mol. The van der Waals surface area contributed by atoms with E-state index in [9.17, 15) is 0 Å². The fourth-order valence-electron chi connectivity index (χ4n) is 0.996. The van der Waals surface area contributed by atoms with E-state index in [1.54, 1.807) is 0 Å². The van der Waals surface area contributed by atoms with Gasteiger partial charge >= 0.3 is 0 Å². The van der Waals surface area contributed by atoms with Crippen molar-refractivity contribution in [2.45, 2.75) is 27.7 Å². The normalized spacial score (nSPS) is 10.3. The van der Waals surface area contributed by atoms with Crippen LogP contribution in [0.1, 0.15) is 39.1 Å². The van der Waals surface area contributed by atoms with E-state index in [4.69, 9.17) is 0 Å². The Morgan fingerprint density at radius 2 is 1.36 bits per heavy atom. The molecule has 0 spiro atoms. The Morgan fingerprint density at radius 1 is 0.929 bits per heavy atom. The molecule has 0 N–H and O–H groups in total. The Hall–Kier alpha value is -1.37. The number of nitrogens with zero attached hydrogens (tertiary/aromatic N) is 1. The molecule has 0 aliphatic rings. The highest BCUT2D eigenvalue weighted by atomic mass is 14.7. The summed E-state index contributed by atoms with van der Waals surface area (Å²) in [5.41, 5.74) is 2.02. The van der Waals surface area contributed by atoms with Gasteiger partial charge in [0.05, 0.1) is 11.4 Å². The number of aromatic nitrogens is 1. The summed E-state index contributed by atoms with van der Waals surface area (Å²) in [7, 11) is 0. The van der Waals surface area contributed by atoms with Crippen LogP contribution in [-0.4, -0.2) is 4.98 Å². The lowest BCUT2D eigenvalue weighted by molar-refractivity contribution is 1.26. The summed E-state index contributed by atoms with van der Waals surface area (Å²) in [6.45, 7) is 7.98. The molecule has 0 saturated heterocycles. The number of hydrogen-bond acceptors (Lipinski definition) is 1. The van der Waals surface area contributed by atoms with Gasteiger partial charge in [-0.3, -0.25) is 0 Å². The highest BCUT2D eigenvalue weighted by Crippen LogP contribution is 2.02. The third-order valence-electron chi connectivity index (χ3n) is 1.47. The number of hydrogen-bond donors (Lipinski definition) is 0. The predicted molar refractivity (Wildman–Crippen MR) is 65.0 cm³/mol. The average molecular weight is 189 g/mol. The van der Waals surface area contributed by atoms with Crippen LogP contribution < -0.4 is 0 Å². The molecular formula is C13H19N. The first kappa shape index (κ1) is 12.6. The quantitative estimate of drug-likeness (QED) is 0.680. The molecule has 1 rings (SSSR count).